The summed E-state index contributed by atoms with van der Waals surface area (Å²) in [6.45, 7) is 1.11. The average molecular weight is 405 g/mol. The summed E-state index contributed by atoms with van der Waals surface area (Å²) in [5.41, 5.74) is -1.59. The number of hydrogen-bond acceptors (Lipinski definition) is 6. The van der Waals surface area contributed by atoms with Crippen LogP contribution in [0.2, 0.25) is 10.0 Å². The van der Waals surface area contributed by atoms with E-state index in [0.717, 1.165) is 0 Å². The lowest BCUT2D eigenvalue weighted by molar-refractivity contribution is -0.151. The summed E-state index contributed by atoms with van der Waals surface area (Å²) in [5, 5.41) is 5.75. The predicted molar refractivity (Wildman–Crippen MR) is 94.0 cm³/mol. The van der Waals surface area contributed by atoms with Crippen molar-refractivity contribution in [1.82, 2.24) is 5.32 Å². The van der Waals surface area contributed by atoms with Crippen molar-refractivity contribution in [3.8, 4) is 0 Å². The highest BCUT2D eigenvalue weighted by Gasteiger charge is 2.51. The molecule has 1 aliphatic heterocycles. The summed E-state index contributed by atoms with van der Waals surface area (Å²) in [4.78, 5) is 36.6. The predicted octanol–water partition coefficient (Wildman–Crippen LogP) is 1.74. The molecular weight excluding hydrogens is 387 g/mol. The molecule has 1 aromatic carbocycles. The van der Waals surface area contributed by atoms with Crippen LogP contribution >= 0.6 is 23.2 Å². The minimum absolute atomic E-state index is 0.0509. The molecule has 0 spiro atoms. The number of methoxy groups -OCH3 is 1. The van der Waals surface area contributed by atoms with Gasteiger partial charge < -0.3 is 24.8 Å². The number of rotatable bonds is 6. The van der Waals surface area contributed by atoms with E-state index in [2.05, 4.69) is 15.4 Å². The Balaban J connectivity index is 2.13. The Morgan fingerprint density at radius 1 is 1.23 bits per heavy atom. The van der Waals surface area contributed by atoms with Gasteiger partial charge in [-0.25, -0.2) is 0 Å². The Kier molecular flexibility index (Phi) is 6.82. The van der Waals surface area contributed by atoms with Gasteiger partial charge in [0.05, 0.1) is 20.1 Å². The van der Waals surface area contributed by atoms with Gasteiger partial charge in [0.2, 0.25) is 0 Å². The number of carbonyl (C=O) groups excluding carboxylic acids is 3. The second kappa shape index (κ2) is 8.68. The van der Waals surface area contributed by atoms with Gasteiger partial charge in [0.25, 0.3) is 17.4 Å². The molecule has 1 aliphatic rings. The summed E-state index contributed by atoms with van der Waals surface area (Å²) in [6, 6.07) is 3.90. The SMILES string of the molecule is COC(=O)C[C@H](C)NC(=O)C1(C(=O)Nc2cc(Cl)cc(Cl)c2)COCO1. The Bertz CT molecular complexity index is 686. The molecule has 10 heteroatoms. The normalized spacial score (nSPS) is 20.3. The van der Waals surface area contributed by atoms with E-state index in [1.54, 1.807) is 6.92 Å². The van der Waals surface area contributed by atoms with Crippen LogP contribution in [0.5, 0.6) is 0 Å². The van der Waals surface area contributed by atoms with Crippen molar-refractivity contribution in [1.29, 1.82) is 0 Å². The summed E-state index contributed by atoms with van der Waals surface area (Å²) in [6.07, 6.45) is -0.0509. The van der Waals surface area contributed by atoms with Crippen molar-refractivity contribution in [2.75, 3.05) is 25.8 Å². The summed E-state index contributed by atoms with van der Waals surface area (Å²) in [7, 11) is 1.25. The van der Waals surface area contributed by atoms with E-state index in [0.29, 0.717) is 15.7 Å². The van der Waals surface area contributed by atoms with Gasteiger partial charge in [-0.05, 0) is 25.1 Å². The van der Waals surface area contributed by atoms with Gasteiger partial charge in [0, 0.05) is 21.8 Å². The molecule has 1 unspecified atom stereocenters. The molecule has 1 aromatic rings. The minimum Gasteiger partial charge on any atom is -0.469 e. The molecule has 26 heavy (non-hydrogen) atoms. The molecule has 0 radical (unpaired) electrons. The first-order chi connectivity index (χ1) is 12.3. The van der Waals surface area contributed by atoms with Gasteiger partial charge in [-0.3, -0.25) is 14.4 Å². The quantitative estimate of drug-likeness (QED) is 0.552. The van der Waals surface area contributed by atoms with Crippen LogP contribution in [-0.4, -0.2) is 49.9 Å². The van der Waals surface area contributed by atoms with E-state index in [1.807, 2.05) is 0 Å². The molecule has 2 atom stereocenters. The number of benzene rings is 1. The number of anilines is 1. The van der Waals surface area contributed by atoms with Crippen molar-refractivity contribution >= 4 is 46.7 Å². The summed E-state index contributed by atoms with van der Waals surface area (Å²) >= 11 is 11.8. The molecule has 2 amide bonds. The molecule has 0 bridgehead atoms. The fourth-order valence-electron chi connectivity index (χ4n) is 2.32. The van der Waals surface area contributed by atoms with Gasteiger partial charge in [0.1, 0.15) is 6.79 Å². The molecule has 1 fully saturated rings. The third-order valence-electron chi connectivity index (χ3n) is 3.63. The lowest BCUT2D eigenvalue weighted by atomic mass is 10.0. The van der Waals surface area contributed by atoms with Crippen LogP contribution in [0.4, 0.5) is 5.69 Å². The van der Waals surface area contributed by atoms with E-state index in [9.17, 15) is 14.4 Å². The largest absolute Gasteiger partial charge is 0.469 e. The van der Waals surface area contributed by atoms with Crippen LogP contribution in [0.25, 0.3) is 0 Å². The van der Waals surface area contributed by atoms with Crippen LogP contribution in [0.15, 0.2) is 18.2 Å². The van der Waals surface area contributed by atoms with Gasteiger partial charge in [-0.2, -0.15) is 0 Å². The maximum Gasteiger partial charge on any atom is 0.307 e. The van der Waals surface area contributed by atoms with Crippen LogP contribution in [-0.2, 0) is 28.6 Å². The Morgan fingerprint density at radius 2 is 1.88 bits per heavy atom. The van der Waals surface area contributed by atoms with E-state index in [1.165, 1.54) is 25.3 Å². The monoisotopic (exact) mass is 404 g/mol. The summed E-state index contributed by atoms with van der Waals surface area (Å²) in [5.74, 6) is -1.96. The van der Waals surface area contributed by atoms with Crippen molar-refractivity contribution < 1.29 is 28.6 Å². The molecular formula is C16H18Cl2N2O6. The average Bonchev–Trinajstić information content (AvgIpc) is 3.04. The maximum absolute atomic E-state index is 12.7. The molecule has 8 nitrogen and oxygen atoms in total. The zero-order valence-electron chi connectivity index (χ0n) is 14.1. The lowest BCUT2D eigenvalue weighted by Crippen LogP contribution is -2.58. The van der Waals surface area contributed by atoms with Gasteiger partial charge in [-0.1, -0.05) is 23.2 Å². The third-order valence-corrected chi connectivity index (χ3v) is 4.06. The fraction of sp³-hybridized carbons (Fsp3) is 0.438. The molecule has 2 rings (SSSR count). The molecule has 142 valence electrons. The zero-order valence-corrected chi connectivity index (χ0v) is 15.6. The minimum atomic E-state index is -1.89. The summed E-state index contributed by atoms with van der Waals surface area (Å²) < 4.78 is 14.9. The number of amides is 2. The second-order valence-corrected chi connectivity index (χ2v) is 6.58. The van der Waals surface area contributed by atoms with Gasteiger partial charge in [0.15, 0.2) is 0 Å². The van der Waals surface area contributed by atoms with Crippen LogP contribution in [0.3, 0.4) is 0 Å². The Labute approximate surface area is 160 Å². The van der Waals surface area contributed by atoms with E-state index < -0.39 is 29.4 Å². The first kappa shape index (κ1) is 20.4. The molecule has 1 saturated heterocycles. The van der Waals surface area contributed by atoms with E-state index in [-0.39, 0.29) is 19.8 Å². The number of ether oxygens (including phenoxy) is 3. The van der Waals surface area contributed by atoms with Crippen LogP contribution in [0, 0.1) is 0 Å². The van der Waals surface area contributed by atoms with E-state index >= 15 is 0 Å². The van der Waals surface area contributed by atoms with Gasteiger partial charge >= 0.3 is 5.97 Å². The van der Waals surface area contributed by atoms with Crippen molar-refractivity contribution in [3.63, 3.8) is 0 Å². The topological polar surface area (TPSA) is 103 Å². The van der Waals surface area contributed by atoms with Crippen molar-refractivity contribution in [2.45, 2.75) is 25.0 Å². The smallest absolute Gasteiger partial charge is 0.307 e. The first-order valence-electron chi connectivity index (χ1n) is 7.64. The number of carbonyl (C=O) groups is 3. The number of hydrogen-bond donors (Lipinski definition) is 2. The van der Waals surface area contributed by atoms with Crippen LogP contribution < -0.4 is 10.6 Å². The molecule has 0 saturated carbocycles. The number of esters is 1. The molecule has 0 aliphatic carbocycles. The number of halogens is 2. The first-order valence-corrected chi connectivity index (χ1v) is 8.39. The number of nitrogens with one attached hydrogen (secondary N) is 2. The zero-order chi connectivity index (χ0) is 19.3. The van der Waals surface area contributed by atoms with Crippen LogP contribution in [0.1, 0.15) is 13.3 Å². The highest BCUT2D eigenvalue weighted by Crippen LogP contribution is 2.26. The van der Waals surface area contributed by atoms with Crippen molar-refractivity contribution in [2.24, 2.45) is 0 Å². The fourth-order valence-corrected chi connectivity index (χ4v) is 2.84. The Morgan fingerprint density at radius 3 is 2.42 bits per heavy atom. The van der Waals surface area contributed by atoms with Crippen molar-refractivity contribution in [3.05, 3.63) is 28.2 Å². The Hall–Kier alpha value is -1.87. The van der Waals surface area contributed by atoms with Gasteiger partial charge in [-0.15, -0.1) is 0 Å². The second-order valence-electron chi connectivity index (χ2n) is 5.70. The highest BCUT2D eigenvalue weighted by molar-refractivity contribution is 6.35. The van der Waals surface area contributed by atoms with E-state index in [4.69, 9.17) is 32.7 Å². The molecule has 1 heterocycles. The molecule has 2 N–H and O–H groups in total. The lowest BCUT2D eigenvalue weighted by Gasteiger charge is -2.26. The third kappa shape index (κ3) is 4.85. The standard InChI is InChI=1S/C16H18Cl2N2O6/c1-9(3-13(21)24-2)19-14(22)16(7-25-8-26-16)15(23)20-12-5-10(17)4-11(18)6-12/h4-6,9H,3,7-8H2,1-2H3,(H,19,22)(H,20,23)/t9-,16?/m0/s1. The highest BCUT2D eigenvalue weighted by atomic mass is 35.5. The molecule has 0 aromatic heterocycles. The maximum atomic E-state index is 12.7.